The van der Waals surface area contributed by atoms with Crippen LogP contribution in [0.4, 0.5) is 4.39 Å². The van der Waals surface area contributed by atoms with E-state index in [1.165, 1.54) is 24.3 Å². The van der Waals surface area contributed by atoms with Gasteiger partial charge in [0.05, 0.1) is 0 Å². The van der Waals surface area contributed by atoms with Crippen molar-refractivity contribution in [2.75, 3.05) is 20.1 Å². The molecule has 1 atom stereocenters. The normalized spacial score (nSPS) is 16.3. The molecule has 140 valence electrons. The van der Waals surface area contributed by atoms with E-state index in [1.54, 1.807) is 0 Å². The molecule has 0 aliphatic carbocycles. The third-order valence-electron chi connectivity index (χ3n) is 4.54. The van der Waals surface area contributed by atoms with Gasteiger partial charge in [-0.1, -0.05) is 13.8 Å². The number of hydrogen-bond donors (Lipinski definition) is 2. The maximum absolute atomic E-state index is 13.0. The lowest BCUT2D eigenvalue weighted by atomic mass is 9.99. The summed E-state index contributed by atoms with van der Waals surface area (Å²) in [5.74, 6) is -0.818. The molecule has 2 amide bonds. The zero-order valence-corrected chi connectivity index (χ0v) is 15.7. The van der Waals surface area contributed by atoms with Crippen LogP contribution >= 0.6 is 12.4 Å². The van der Waals surface area contributed by atoms with E-state index < -0.39 is 11.9 Å². The molecule has 5 nitrogen and oxygen atoms in total. The van der Waals surface area contributed by atoms with Crippen LogP contribution in [0.5, 0.6) is 0 Å². The Morgan fingerprint density at radius 3 is 2.20 bits per heavy atom. The first-order valence-electron chi connectivity index (χ1n) is 8.45. The van der Waals surface area contributed by atoms with Gasteiger partial charge in [0, 0.05) is 24.7 Å². The van der Waals surface area contributed by atoms with E-state index in [0.717, 1.165) is 12.8 Å². The van der Waals surface area contributed by atoms with Crippen LogP contribution in [0, 0.1) is 11.7 Å². The molecule has 1 unspecified atom stereocenters. The molecular weight excluding hydrogens is 345 g/mol. The molecule has 1 heterocycles. The number of nitrogens with zero attached hydrogens (tertiary/aromatic N) is 1. The number of carbonyl (C=O) groups is 2. The summed E-state index contributed by atoms with van der Waals surface area (Å²) in [6, 6.07) is 5.19. The van der Waals surface area contributed by atoms with E-state index in [9.17, 15) is 14.0 Å². The van der Waals surface area contributed by atoms with Gasteiger partial charge in [0.1, 0.15) is 11.9 Å². The van der Waals surface area contributed by atoms with E-state index in [-0.39, 0.29) is 30.1 Å². The first kappa shape index (κ1) is 21.4. The molecule has 0 spiro atoms. The molecule has 7 heteroatoms. The van der Waals surface area contributed by atoms with Crippen LogP contribution in [0.1, 0.15) is 37.0 Å². The Kier molecular flexibility index (Phi) is 8.32. The van der Waals surface area contributed by atoms with Crippen molar-refractivity contribution < 1.29 is 14.0 Å². The number of halogens is 2. The first-order chi connectivity index (χ1) is 11.4. The van der Waals surface area contributed by atoms with E-state index in [2.05, 4.69) is 10.6 Å². The number of likely N-dealkylation sites (tertiary alicyclic amines) is 1. The number of hydrogen-bond acceptors (Lipinski definition) is 3. The van der Waals surface area contributed by atoms with Gasteiger partial charge in [-0.2, -0.15) is 0 Å². The zero-order chi connectivity index (χ0) is 17.7. The van der Waals surface area contributed by atoms with Crippen LogP contribution in [-0.4, -0.2) is 48.9 Å². The number of carbonyl (C=O) groups excluding carboxylic acids is 2. The third-order valence-corrected chi connectivity index (χ3v) is 4.54. The summed E-state index contributed by atoms with van der Waals surface area (Å²) >= 11 is 0. The second-order valence-corrected chi connectivity index (χ2v) is 6.59. The number of amides is 2. The Morgan fingerprint density at radius 1 is 1.16 bits per heavy atom. The summed E-state index contributed by atoms with van der Waals surface area (Å²) in [5.41, 5.74) is 0.351. The summed E-state index contributed by atoms with van der Waals surface area (Å²) in [7, 11) is 1.93. The lowest BCUT2D eigenvalue weighted by Gasteiger charge is -2.35. The van der Waals surface area contributed by atoms with Gasteiger partial charge >= 0.3 is 0 Å². The van der Waals surface area contributed by atoms with E-state index in [1.807, 2.05) is 25.8 Å². The van der Waals surface area contributed by atoms with Crippen molar-refractivity contribution in [2.24, 2.45) is 5.92 Å². The predicted molar refractivity (Wildman–Crippen MR) is 98.4 cm³/mol. The standard InChI is InChI=1S/C18H26FN3O2.ClH/c1-12(2)16(18(24)22-10-8-15(20-3)9-11-22)21-17(23)13-4-6-14(19)7-5-13;/h4-7,12,15-16,20H,8-11H2,1-3H3,(H,21,23);1H. The second-order valence-electron chi connectivity index (χ2n) is 6.59. The summed E-state index contributed by atoms with van der Waals surface area (Å²) < 4.78 is 13.0. The SMILES string of the molecule is CNC1CCN(C(=O)C(NC(=O)c2ccc(F)cc2)C(C)C)CC1.Cl. The van der Waals surface area contributed by atoms with Crippen LogP contribution in [0.15, 0.2) is 24.3 Å². The summed E-state index contributed by atoms with van der Waals surface area (Å²) in [6.07, 6.45) is 1.83. The van der Waals surface area contributed by atoms with Crippen LogP contribution < -0.4 is 10.6 Å². The van der Waals surface area contributed by atoms with Crippen molar-refractivity contribution in [3.05, 3.63) is 35.6 Å². The van der Waals surface area contributed by atoms with Crippen LogP contribution in [0.2, 0.25) is 0 Å². The third kappa shape index (κ3) is 5.68. The molecule has 1 aliphatic heterocycles. The fourth-order valence-electron chi connectivity index (χ4n) is 2.92. The molecular formula is C18H27ClFN3O2. The highest BCUT2D eigenvalue weighted by Gasteiger charge is 2.31. The Bertz CT molecular complexity index is 572. The lowest BCUT2D eigenvalue weighted by Crippen LogP contribution is -2.54. The van der Waals surface area contributed by atoms with Crippen molar-refractivity contribution in [3.8, 4) is 0 Å². The van der Waals surface area contributed by atoms with E-state index in [0.29, 0.717) is 24.7 Å². The van der Waals surface area contributed by atoms with Gasteiger partial charge in [0.2, 0.25) is 5.91 Å². The highest BCUT2D eigenvalue weighted by atomic mass is 35.5. The van der Waals surface area contributed by atoms with Gasteiger partial charge in [-0.25, -0.2) is 4.39 Å². The maximum atomic E-state index is 13.0. The highest BCUT2D eigenvalue weighted by molar-refractivity contribution is 5.97. The number of benzene rings is 1. The number of piperidine rings is 1. The Morgan fingerprint density at radius 2 is 1.72 bits per heavy atom. The van der Waals surface area contributed by atoms with Crippen molar-refractivity contribution in [3.63, 3.8) is 0 Å². The van der Waals surface area contributed by atoms with E-state index in [4.69, 9.17) is 0 Å². The van der Waals surface area contributed by atoms with E-state index >= 15 is 0 Å². The minimum atomic E-state index is -0.575. The van der Waals surface area contributed by atoms with Gasteiger partial charge in [-0.15, -0.1) is 12.4 Å². The van der Waals surface area contributed by atoms with Gasteiger partial charge in [0.15, 0.2) is 0 Å². The molecule has 1 fully saturated rings. The molecule has 2 N–H and O–H groups in total. The second kappa shape index (κ2) is 9.73. The predicted octanol–water partition coefficient (Wildman–Crippen LogP) is 2.21. The largest absolute Gasteiger partial charge is 0.341 e. The van der Waals surface area contributed by atoms with Crippen LogP contribution in [-0.2, 0) is 4.79 Å². The molecule has 1 aromatic carbocycles. The van der Waals surface area contributed by atoms with Crippen molar-refractivity contribution in [1.29, 1.82) is 0 Å². The molecule has 2 rings (SSSR count). The van der Waals surface area contributed by atoms with Gasteiger partial charge in [0.25, 0.3) is 5.91 Å². The summed E-state index contributed by atoms with van der Waals surface area (Å²) in [4.78, 5) is 27.0. The van der Waals surface area contributed by atoms with Crippen LogP contribution in [0.25, 0.3) is 0 Å². The molecule has 0 aromatic heterocycles. The topological polar surface area (TPSA) is 61.4 Å². The molecule has 25 heavy (non-hydrogen) atoms. The molecule has 0 saturated carbocycles. The van der Waals surface area contributed by atoms with Crippen LogP contribution in [0.3, 0.4) is 0 Å². The maximum Gasteiger partial charge on any atom is 0.251 e. The van der Waals surface area contributed by atoms with Crippen molar-refractivity contribution in [2.45, 2.75) is 38.8 Å². The number of rotatable bonds is 5. The summed E-state index contributed by atoms with van der Waals surface area (Å²) in [5, 5.41) is 6.04. The average Bonchev–Trinajstić information content (AvgIpc) is 2.59. The molecule has 0 bridgehead atoms. The smallest absolute Gasteiger partial charge is 0.251 e. The Balaban J connectivity index is 0.00000312. The minimum absolute atomic E-state index is 0. The molecule has 0 radical (unpaired) electrons. The molecule has 1 aliphatic rings. The quantitative estimate of drug-likeness (QED) is 0.834. The van der Waals surface area contributed by atoms with Gasteiger partial charge < -0.3 is 15.5 Å². The fraction of sp³-hybridized carbons (Fsp3) is 0.556. The van der Waals surface area contributed by atoms with Gasteiger partial charge in [-0.3, -0.25) is 9.59 Å². The van der Waals surface area contributed by atoms with Crippen molar-refractivity contribution >= 4 is 24.2 Å². The minimum Gasteiger partial charge on any atom is -0.341 e. The Hall–Kier alpha value is -1.66. The average molecular weight is 372 g/mol. The summed E-state index contributed by atoms with van der Waals surface area (Å²) in [6.45, 7) is 5.21. The van der Waals surface area contributed by atoms with Crippen molar-refractivity contribution in [1.82, 2.24) is 15.5 Å². The fourth-order valence-corrected chi connectivity index (χ4v) is 2.92. The number of nitrogens with one attached hydrogen (secondary N) is 2. The highest BCUT2D eigenvalue weighted by Crippen LogP contribution is 2.15. The zero-order valence-electron chi connectivity index (χ0n) is 14.9. The monoisotopic (exact) mass is 371 g/mol. The lowest BCUT2D eigenvalue weighted by molar-refractivity contribution is -0.135. The van der Waals surface area contributed by atoms with Gasteiger partial charge in [-0.05, 0) is 50.1 Å². The Labute approximate surface area is 154 Å². The molecule has 1 saturated heterocycles. The first-order valence-corrected chi connectivity index (χ1v) is 8.45. The molecule has 1 aromatic rings.